The highest BCUT2D eigenvalue weighted by Crippen LogP contribution is 2.27. The zero-order valence-corrected chi connectivity index (χ0v) is 13.6. The van der Waals surface area contributed by atoms with Crippen molar-refractivity contribution < 1.29 is 0 Å². The molecule has 0 fully saturated rings. The maximum absolute atomic E-state index is 8.93. The molecule has 1 aromatic heterocycles. The summed E-state index contributed by atoms with van der Waals surface area (Å²) >= 11 is 0. The SMILES string of the molecule is Cc1nn(Cc2ccc(C#N)cc2)c(C)c1-c1ccc(C#N)cc1. The lowest BCUT2D eigenvalue weighted by Crippen LogP contribution is -2.04. The second-order valence-electron chi connectivity index (χ2n) is 5.70. The van der Waals surface area contributed by atoms with E-state index in [1.54, 1.807) is 0 Å². The largest absolute Gasteiger partial charge is 0.265 e. The van der Waals surface area contributed by atoms with Crippen molar-refractivity contribution in [1.82, 2.24) is 9.78 Å². The number of hydrogen-bond donors (Lipinski definition) is 0. The number of aryl methyl sites for hydroxylation is 1. The van der Waals surface area contributed by atoms with Crippen LogP contribution in [-0.4, -0.2) is 9.78 Å². The normalized spacial score (nSPS) is 10.2. The predicted octanol–water partition coefficient (Wildman–Crippen LogP) is 3.96. The first-order chi connectivity index (χ1) is 11.6. The molecular formula is C20H16N4. The Balaban J connectivity index is 1.93. The van der Waals surface area contributed by atoms with E-state index in [1.807, 2.05) is 60.1 Å². The van der Waals surface area contributed by atoms with Crippen LogP contribution in [0.2, 0.25) is 0 Å². The zero-order valence-electron chi connectivity index (χ0n) is 13.6. The Kier molecular flexibility index (Phi) is 4.14. The second kappa shape index (κ2) is 6.40. The predicted molar refractivity (Wildman–Crippen MR) is 92.1 cm³/mol. The van der Waals surface area contributed by atoms with Gasteiger partial charge in [0.2, 0.25) is 0 Å². The molecule has 0 unspecified atom stereocenters. The van der Waals surface area contributed by atoms with Gasteiger partial charge in [-0.15, -0.1) is 0 Å². The van der Waals surface area contributed by atoms with Crippen molar-refractivity contribution in [1.29, 1.82) is 10.5 Å². The third-order valence-corrected chi connectivity index (χ3v) is 4.10. The van der Waals surface area contributed by atoms with Gasteiger partial charge in [0.15, 0.2) is 0 Å². The van der Waals surface area contributed by atoms with Gasteiger partial charge in [-0.25, -0.2) is 0 Å². The number of rotatable bonds is 3. The van der Waals surface area contributed by atoms with Crippen molar-refractivity contribution >= 4 is 0 Å². The van der Waals surface area contributed by atoms with Crippen molar-refractivity contribution in [3.63, 3.8) is 0 Å². The fraction of sp³-hybridized carbons (Fsp3) is 0.150. The molecule has 0 radical (unpaired) electrons. The van der Waals surface area contributed by atoms with E-state index in [4.69, 9.17) is 10.5 Å². The molecule has 0 saturated heterocycles. The Morgan fingerprint density at radius 2 is 1.42 bits per heavy atom. The van der Waals surface area contributed by atoms with Crippen LogP contribution in [0.25, 0.3) is 11.1 Å². The molecule has 0 spiro atoms. The van der Waals surface area contributed by atoms with Gasteiger partial charge in [0, 0.05) is 11.3 Å². The quantitative estimate of drug-likeness (QED) is 0.735. The summed E-state index contributed by atoms with van der Waals surface area (Å²) in [5, 5.41) is 22.5. The molecule has 0 aliphatic heterocycles. The van der Waals surface area contributed by atoms with Crippen molar-refractivity contribution in [2.45, 2.75) is 20.4 Å². The molecule has 0 bridgehead atoms. The van der Waals surface area contributed by atoms with Crippen molar-refractivity contribution in [3.05, 3.63) is 76.6 Å². The molecule has 0 atom stereocenters. The molecule has 2 aromatic carbocycles. The summed E-state index contributed by atoms with van der Waals surface area (Å²) in [6, 6.07) is 19.4. The minimum Gasteiger partial charge on any atom is -0.265 e. The summed E-state index contributed by atoms with van der Waals surface area (Å²) in [7, 11) is 0. The van der Waals surface area contributed by atoms with Gasteiger partial charge in [-0.1, -0.05) is 24.3 Å². The molecule has 4 nitrogen and oxygen atoms in total. The van der Waals surface area contributed by atoms with Crippen LogP contribution in [0, 0.1) is 36.5 Å². The summed E-state index contributed by atoms with van der Waals surface area (Å²) in [4.78, 5) is 0. The van der Waals surface area contributed by atoms with Gasteiger partial charge in [-0.05, 0) is 49.2 Å². The van der Waals surface area contributed by atoms with Crippen LogP contribution in [0.1, 0.15) is 28.1 Å². The van der Waals surface area contributed by atoms with E-state index < -0.39 is 0 Å². The number of nitrogens with zero attached hydrogens (tertiary/aromatic N) is 4. The summed E-state index contributed by atoms with van der Waals surface area (Å²) in [6.45, 7) is 4.71. The highest BCUT2D eigenvalue weighted by atomic mass is 15.3. The van der Waals surface area contributed by atoms with Crippen LogP contribution in [0.15, 0.2) is 48.5 Å². The fourth-order valence-corrected chi connectivity index (χ4v) is 2.84. The molecule has 3 rings (SSSR count). The second-order valence-corrected chi connectivity index (χ2v) is 5.70. The monoisotopic (exact) mass is 312 g/mol. The highest BCUT2D eigenvalue weighted by Gasteiger charge is 2.13. The summed E-state index contributed by atoms with van der Waals surface area (Å²) in [6.07, 6.45) is 0. The van der Waals surface area contributed by atoms with E-state index in [0.29, 0.717) is 17.7 Å². The first-order valence-electron chi connectivity index (χ1n) is 7.66. The number of benzene rings is 2. The Labute approximate surface area is 141 Å². The van der Waals surface area contributed by atoms with Gasteiger partial charge in [0.25, 0.3) is 0 Å². The highest BCUT2D eigenvalue weighted by molar-refractivity contribution is 5.69. The Morgan fingerprint density at radius 1 is 0.875 bits per heavy atom. The van der Waals surface area contributed by atoms with Gasteiger partial charge in [-0.2, -0.15) is 15.6 Å². The molecule has 0 amide bonds. The van der Waals surface area contributed by atoms with Crippen LogP contribution in [-0.2, 0) is 6.54 Å². The van der Waals surface area contributed by atoms with E-state index in [2.05, 4.69) is 24.2 Å². The summed E-state index contributed by atoms with van der Waals surface area (Å²) < 4.78 is 1.98. The summed E-state index contributed by atoms with van der Waals surface area (Å²) in [5.74, 6) is 0. The number of nitriles is 2. The lowest BCUT2D eigenvalue weighted by Gasteiger charge is -2.06. The molecule has 116 valence electrons. The molecule has 0 N–H and O–H groups in total. The zero-order chi connectivity index (χ0) is 17.1. The molecule has 3 aromatic rings. The molecule has 0 aliphatic carbocycles. The Bertz CT molecular complexity index is 949. The van der Waals surface area contributed by atoms with E-state index >= 15 is 0 Å². The molecular weight excluding hydrogens is 296 g/mol. The first-order valence-corrected chi connectivity index (χ1v) is 7.66. The van der Waals surface area contributed by atoms with Gasteiger partial charge < -0.3 is 0 Å². The number of hydrogen-bond acceptors (Lipinski definition) is 3. The average molecular weight is 312 g/mol. The van der Waals surface area contributed by atoms with Gasteiger partial charge in [0.1, 0.15) is 0 Å². The molecule has 0 aliphatic rings. The van der Waals surface area contributed by atoms with E-state index in [1.165, 1.54) is 0 Å². The lowest BCUT2D eigenvalue weighted by molar-refractivity contribution is 0.659. The molecule has 24 heavy (non-hydrogen) atoms. The van der Waals surface area contributed by atoms with Crippen molar-refractivity contribution in [2.24, 2.45) is 0 Å². The van der Waals surface area contributed by atoms with Gasteiger partial charge in [0.05, 0.1) is 35.5 Å². The maximum atomic E-state index is 8.93. The van der Waals surface area contributed by atoms with E-state index in [-0.39, 0.29) is 0 Å². The van der Waals surface area contributed by atoms with E-state index in [9.17, 15) is 0 Å². The standard InChI is InChI=1S/C20H16N4/c1-14-20(19-9-7-17(12-22)8-10-19)15(2)24(23-14)13-18-5-3-16(11-21)4-6-18/h3-10H,13H2,1-2H3. The first kappa shape index (κ1) is 15.5. The topological polar surface area (TPSA) is 65.4 Å². The Morgan fingerprint density at radius 3 is 1.96 bits per heavy atom. The smallest absolute Gasteiger partial charge is 0.0991 e. The lowest BCUT2D eigenvalue weighted by atomic mass is 10.0. The molecule has 0 saturated carbocycles. The number of aromatic nitrogens is 2. The van der Waals surface area contributed by atoms with Crippen LogP contribution < -0.4 is 0 Å². The van der Waals surface area contributed by atoms with Gasteiger partial charge in [-0.3, -0.25) is 4.68 Å². The minimum absolute atomic E-state index is 0.652. The average Bonchev–Trinajstić information content (AvgIpc) is 2.89. The fourth-order valence-electron chi connectivity index (χ4n) is 2.84. The van der Waals surface area contributed by atoms with Crippen LogP contribution in [0.4, 0.5) is 0 Å². The Hall–Kier alpha value is -3.37. The van der Waals surface area contributed by atoms with Crippen LogP contribution >= 0.6 is 0 Å². The van der Waals surface area contributed by atoms with Gasteiger partial charge >= 0.3 is 0 Å². The van der Waals surface area contributed by atoms with Crippen molar-refractivity contribution in [3.8, 4) is 23.3 Å². The molecule has 4 heteroatoms. The minimum atomic E-state index is 0.652. The van der Waals surface area contributed by atoms with Crippen molar-refractivity contribution in [2.75, 3.05) is 0 Å². The molecule has 1 heterocycles. The van der Waals surface area contributed by atoms with Crippen LogP contribution in [0.5, 0.6) is 0 Å². The maximum Gasteiger partial charge on any atom is 0.0991 e. The third kappa shape index (κ3) is 2.91. The van der Waals surface area contributed by atoms with E-state index in [0.717, 1.165) is 28.1 Å². The van der Waals surface area contributed by atoms with Crippen LogP contribution in [0.3, 0.4) is 0 Å². The third-order valence-electron chi connectivity index (χ3n) is 4.10. The summed E-state index contributed by atoms with van der Waals surface area (Å²) in [5.41, 5.74) is 6.63.